The van der Waals surface area contributed by atoms with Gasteiger partial charge in [0.2, 0.25) is 5.91 Å². The third-order valence-corrected chi connectivity index (χ3v) is 2.49. The maximum Gasteiger partial charge on any atom is 0.245 e. The van der Waals surface area contributed by atoms with Crippen molar-refractivity contribution in [3.8, 4) is 5.75 Å². The summed E-state index contributed by atoms with van der Waals surface area (Å²) in [6.07, 6.45) is 0. The van der Waals surface area contributed by atoms with Crippen LogP contribution in [0, 0.1) is 0 Å². The summed E-state index contributed by atoms with van der Waals surface area (Å²) < 4.78 is 5.02. The van der Waals surface area contributed by atoms with Crippen molar-refractivity contribution >= 4 is 23.2 Å². The topological polar surface area (TPSA) is 64.3 Å². The largest absolute Gasteiger partial charge is 0.495 e. The second kappa shape index (κ2) is 3.15. The van der Waals surface area contributed by atoms with Crippen LogP contribution in [-0.4, -0.2) is 13.0 Å². The number of nitrogens with two attached hydrogens (primary N) is 1. The Balaban J connectivity index is 2.54. The summed E-state index contributed by atoms with van der Waals surface area (Å²) in [5, 5.41) is 3.10. The zero-order valence-electron chi connectivity index (χ0n) is 7.50. The van der Waals surface area contributed by atoms with E-state index in [0.717, 1.165) is 0 Å². The summed E-state index contributed by atoms with van der Waals surface area (Å²) in [4.78, 5) is 11.2. The summed E-state index contributed by atoms with van der Waals surface area (Å²) >= 11 is 5.90. The lowest BCUT2D eigenvalue weighted by atomic mass is 10.1. The summed E-state index contributed by atoms with van der Waals surface area (Å²) in [7, 11) is 1.52. The van der Waals surface area contributed by atoms with E-state index in [0.29, 0.717) is 22.0 Å². The maximum atomic E-state index is 11.2. The van der Waals surface area contributed by atoms with Crippen LogP contribution in [0.2, 0.25) is 5.02 Å². The highest BCUT2D eigenvalue weighted by atomic mass is 35.5. The van der Waals surface area contributed by atoms with Gasteiger partial charge in [-0.25, -0.2) is 0 Å². The van der Waals surface area contributed by atoms with Crippen LogP contribution in [0.3, 0.4) is 0 Å². The number of benzene rings is 1. The number of carbonyl (C=O) groups is 1. The Labute approximate surface area is 86.0 Å². The quantitative estimate of drug-likeness (QED) is 0.738. The number of methoxy groups -OCH3 is 1. The third kappa shape index (κ3) is 1.23. The SMILES string of the molecule is COc1cc2c(cc1Cl)C(N)C(=O)N2. The molecule has 1 aromatic carbocycles. The van der Waals surface area contributed by atoms with Crippen LogP contribution < -0.4 is 15.8 Å². The fourth-order valence-corrected chi connectivity index (χ4v) is 1.69. The first-order valence-electron chi connectivity index (χ1n) is 4.07. The Bertz CT molecular complexity index is 406. The molecule has 3 N–H and O–H groups in total. The van der Waals surface area contributed by atoms with Gasteiger partial charge in [-0.15, -0.1) is 0 Å². The summed E-state index contributed by atoms with van der Waals surface area (Å²) in [6.45, 7) is 0. The van der Waals surface area contributed by atoms with Crippen LogP contribution in [0.25, 0.3) is 0 Å². The molecule has 0 bridgehead atoms. The molecule has 1 unspecified atom stereocenters. The Hall–Kier alpha value is -1.26. The van der Waals surface area contributed by atoms with Crippen molar-refractivity contribution in [2.45, 2.75) is 6.04 Å². The van der Waals surface area contributed by atoms with E-state index < -0.39 is 6.04 Å². The van der Waals surface area contributed by atoms with Gasteiger partial charge in [-0.3, -0.25) is 4.79 Å². The zero-order valence-corrected chi connectivity index (χ0v) is 8.26. The van der Waals surface area contributed by atoms with E-state index >= 15 is 0 Å². The molecule has 0 saturated carbocycles. The first-order valence-corrected chi connectivity index (χ1v) is 4.45. The standard InChI is InChI=1S/C9H9ClN2O2/c1-14-7-3-6-4(2-5(7)10)8(11)9(13)12-6/h2-3,8H,11H2,1H3,(H,12,13). The second-order valence-corrected chi connectivity index (χ2v) is 3.45. The fraction of sp³-hybridized carbons (Fsp3) is 0.222. The van der Waals surface area contributed by atoms with Gasteiger partial charge >= 0.3 is 0 Å². The van der Waals surface area contributed by atoms with Crippen molar-refractivity contribution in [2.75, 3.05) is 12.4 Å². The number of hydrogen-bond acceptors (Lipinski definition) is 3. The van der Waals surface area contributed by atoms with Crippen molar-refractivity contribution in [3.05, 3.63) is 22.7 Å². The Kier molecular flexibility index (Phi) is 2.09. The number of ether oxygens (including phenoxy) is 1. The first-order chi connectivity index (χ1) is 6.63. The van der Waals surface area contributed by atoms with Crippen LogP contribution in [-0.2, 0) is 4.79 Å². The molecule has 1 heterocycles. The normalized spacial score (nSPS) is 19.1. The molecule has 1 atom stereocenters. The van der Waals surface area contributed by atoms with Gasteiger partial charge in [0.05, 0.1) is 12.1 Å². The van der Waals surface area contributed by atoms with E-state index in [9.17, 15) is 4.79 Å². The number of halogens is 1. The molecule has 0 spiro atoms. The molecule has 4 nitrogen and oxygen atoms in total. The average molecular weight is 213 g/mol. The number of nitrogens with one attached hydrogen (secondary N) is 1. The molecule has 0 aliphatic carbocycles. The maximum absolute atomic E-state index is 11.2. The molecular formula is C9H9ClN2O2. The molecule has 0 radical (unpaired) electrons. The minimum atomic E-state index is -0.631. The predicted molar refractivity (Wildman–Crippen MR) is 53.6 cm³/mol. The molecule has 0 fully saturated rings. The van der Waals surface area contributed by atoms with Crippen molar-refractivity contribution in [2.24, 2.45) is 5.73 Å². The number of anilines is 1. The van der Waals surface area contributed by atoms with Gasteiger partial charge in [0.15, 0.2) is 0 Å². The van der Waals surface area contributed by atoms with Crippen LogP contribution in [0.15, 0.2) is 12.1 Å². The zero-order chi connectivity index (χ0) is 10.3. The van der Waals surface area contributed by atoms with E-state index in [1.807, 2.05) is 0 Å². The van der Waals surface area contributed by atoms with E-state index in [-0.39, 0.29) is 5.91 Å². The Morgan fingerprint density at radius 3 is 2.93 bits per heavy atom. The molecule has 14 heavy (non-hydrogen) atoms. The molecule has 0 saturated heterocycles. The summed E-state index contributed by atoms with van der Waals surface area (Å²) in [5.74, 6) is 0.309. The lowest BCUT2D eigenvalue weighted by Crippen LogP contribution is -2.19. The average Bonchev–Trinajstić information content (AvgIpc) is 2.43. The van der Waals surface area contributed by atoms with Gasteiger partial charge in [0, 0.05) is 17.3 Å². The van der Waals surface area contributed by atoms with Crippen molar-refractivity contribution in [1.29, 1.82) is 0 Å². The van der Waals surface area contributed by atoms with Crippen LogP contribution >= 0.6 is 11.6 Å². The smallest absolute Gasteiger partial charge is 0.245 e. The monoisotopic (exact) mass is 212 g/mol. The lowest BCUT2D eigenvalue weighted by Gasteiger charge is -2.06. The van der Waals surface area contributed by atoms with Gasteiger partial charge in [-0.1, -0.05) is 11.6 Å². The van der Waals surface area contributed by atoms with Gasteiger partial charge in [0.1, 0.15) is 11.8 Å². The van der Waals surface area contributed by atoms with Crippen molar-refractivity contribution < 1.29 is 9.53 Å². The number of fused-ring (bicyclic) bond motifs is 1. The molecule has 74 valence electrons. The van der Waals surface area contributed by atoms with Crippen LogP contribution in [0.1, 0.15) is 11.6 Å². The second-order valence-electron chi connectivity index (χ2n) is 3.04. The highest BCUT2D eigenvalue weighted by Crippen LogP contribution is 2.37. The first kappa shape index (κ1) is 9.30. The van der Waals surface area contributed by atoms with Gasteiger partial charge in [0.25, 0.3) is 0 Å². The van der Waals surface area contributed by atoms with E-state index in [2.05, 4.69) is 5.32 Å². The van der Waals surface area contributed by atoms with Crippen LogP contribution in [0.4, 0.5) is 5.69 Å². The molecule has 1 aliphatic heterocycles. The molecule has 0 aromatic heterocycles. The fourth-order valence-electron chi connectivity index (χ4n) is 1.44. The molecule has 1 aromatic rings. The highest BCUT2D eigenvalue weighted by molar-refractivity contribution is 6.32. The minimum Gasteiger partial charge on any atom is -0.495 e. The Morgan fingerprint density at radius 2 is 2.29 bits per heavy atom. The van der Waals surface area contributed by atoms with E-state index in [1.165, 1.54) is 7.11 Å². The predicted octanol–water partition coefficient (Wildman–Crippen LogP) is 1.30. The number of carbonyl (C=O) groups excluding carboxylic acids is 1. The van der Waals surface area contributed by atoms with Gasteiger partial charge in [-0.05, 0) is 6.07 Å². The number of hydrogen-bond donors (Lipinski definition) is 2. The molecule has 1 amide bonds. The number of rotatable bonds is 1. The molecule has 5 heteroatoms. The summed E-state index contributed by atoms with van der Waals surface area (Å²) in [5.41, 5.74) is 7.02. The van der Waals surface area contributed by atoms with E-state index in [4.69, 9.17) is 22.1 Å². The minimum absolute atomic E-state index is 0.218. The highest BCUT2D eigenvalue weighted by Gasteiger charge is 2.28. The third-order valence-electron chi connectivity index (χ3n) is 2.20. The van der Waals surface area contributed by atoms with Crippen LogP contribution in [0.5, 0.6) is 5.75 Å². The summed E-state index contributed by atoms with van der Waals surface area (Å²) in [6, 6.07) is 2.69. The van der Waals surface area contributed by atoms with Gasteiger partial charge < -0.3 is 15.8 Å². The van der Waals surface area contributed by atoms with E-state index in [1.54, 1.807) is 12.1 Å². The Morgan fingerprint density at radius 1 is 1.57 bits per heavy atom. The lowest BCUT2D eigenvalue weighted by molar-refractivity contribution is -0.116. The molecule has 2 rings (SSSR count). The van der Waals surface area contributed by atoms with Crippen molar-refractivity contribution in [1.82, 2.24) is 0 Å². The van der Waals surface area contributed by atoms with Crippen molar-refractivity contribution in [3.63, 3.8) is 0 Å². The van der Waals surface area contributed by atoms with Gasteiger partial charge in [-0.2, -0.15) is 0 Å². The molecule has 1 aliphatic rings. The molecular weight excluding hydrogens is 204 g/mol. The number of amides is 1.